The maximum absolute atomic E-state index is 11.5. The molecule has 0 aromatic rings. The molecular weight excluding hydrogens is 243 g/mol. The molecule has 1 aliphatic carbocycles. The van der Waals surface area contributed by atoms with E-state index in [1.165, 1.54) is 6.66 Å². The van der Waals surface area contributed by atoms with Crippen LogP contribution in [0.3, 0.4) is 0 Å². The largest absolute Gasteiger partial charge is 0.382 e. The Morgan fingerprint density at radius 3 is 2.88 bits per heavy atom. The van der Waals surface area contributed by atoms with E-state index >= 15 is 0 Å². The lowest BCUT2D eigenvalue weighted by molar-refractivity contribution is -0.118. The van der Waals surface area contributed by atoms with Gasteiger partial charge in [0, 0.05) is 19.7 Å². The van der Waals surface area contributed by atoms with Crippen molar-refractivity contribution in [2.24, 2.45) is 5.92 Å². The van der Waals surface area contributed by atoms with Gasteiger partial charge in [-0.25, -0.2) is 0 Å². The molecule has 2 aliphatic rings. The minimum absolute atomic E-state index is 0.0594. The summed E-state index contributed by atoms with van der Waals surface area (Å²) in [6.45, 7) is 3.65. The van der Waals surface area contributed by atoms with Gasteiger partial charge in [0.15, 0.2) is 0 Å². The van der Waals surface area contributed by atoms with Gasteiger partial charge in [-0.3, -0.25) is 4.57 Å². The summed E-state index contributed by atoms with van der Waals surface area (Å²) in [5, 5.41) is 0. The fraction of sp³-hybridized carbons (Fsp3) is 1.00. The van der Waals surface area contributed by atoms with Gasteiger partial charge in [-0.2, -0.15) is 0 Å². The Bertz CT molecular complexity index is 324. The van der Waals surface area contributed by atoms with Crippen molar-refractivity contribution in [3.8, 4) is 0 Å². The first-order valence-electron chi connectivity index (χ1n) is 6.03. The number of rotatable bonds is 4. The molecular formula is C11H21O5P. The van der Waals surface area contributed by atoms with Crippen molar-refractivity contribution in [3.05, 3.63) is 0 Å². The van der Waals surface area contributed by atoms with Gasteiger partial charge < -0.3 is 18.9 Å². The standard InChI is InChI=1S/C11H21O5P/c1-8-9-5-4-6-11(15-8,7-14-2)10(9)16-17(3,12)13/h8-10H,4-7H2,1-3H3,(H,12,13)/t8-,9?,10+,11+/m0/s1. The molecule has 5 nitrogen and oxygen atoms in total. The Morgan fingerprint density at radius 2 is 2.29 bits per heavy atom. The van der Waals surface area contributed by atoms with E-state index in [9.17, 15) is 9.46 Å². The number of fused-ring (bicyclic) bond motifs is 2. The maximum Gasteiger partial charge on any atom is 0.325 e. The molecule has 100 valence electrons. The highest BCUT2D eigenvalue weighted by atomic mass is 31.2. The molecule has 6 heteroatoms. The molecule has 0 aromatic heterocycles. The third-order valence-corrected chi connectivity index (χ3v) is 4.38. The summed E-state index contributed by atoms with van der Waals surface area (Å²) in [5.41, 5.74) is -0.536. The molecule has 0 spiro atoms. The SMILES string of the molecule is COC[C@@]12CCCC([C@H](C)O1)[C@H]2OP(C)(=O)O. The normalized spacial score (nSPS) is 44.6. The van der Waals surface area contributed by atoms with Gasteiger partial charge in [-0.05, 0) is 26.2 Å². The monoisotopic (exact) mass is 264 g/mol. The van der Waals surface area contributed by atoms with E-state index in [4.69, 9.17) is 14.0 Å². The number of ether oxygens (including phenoxy) is 2. The summed E-state index contributed by atoms with van der Waals surface area (Å²) in [6, 6.07) is 0. The van der Waals surface area contributed by atoms with Gasteiger partial charge in [0.2, 0.25) is 0 Å². The molecule has 5 atom stereocenters. The Hall–Kier alpha value is 0.0700. The topological polar surface area (TPSA) is 65.0 Å². The quantitative estimate of drug-likeness (QED) is 0.784. The van der Waals surface area contributed by atoms with Crippen molar-refractivity contribution in [2.45, 2.75) is 44.0 Å². The summed E-state index contributed by atoms with van der Waals surface area (Å²) in [7, 11) is -1.88. The molecule has 0 aromatic carbocycles. The van der Waals surface area contributed by atoms with Gasteiger partial charge in [-0.15, -0.1) is 0 Å². The van der Waals surface area contributed by atoms with Crippen LogP contribution in [0.2, 0.25) is 0 Å². The molecule has 0 radical (unpaired) electrons. The average molecular weight is 264 g/mol. The predicted molar refractivity (Wildman–Crippen MR) is 63.1 cm³/mol. The molecule has 2 unspecified atom stereocenters. The van der Waals surface area contributed by atoms with E-state index in [-0.39, 0.29) is 18.1 Å². The van der Waals surface area contributed by atoms with Crippen molar-refractivity contribution in [3.63, 3.8) is 0 Å². The van der Waals surface area contributed by atoms with Crippen LogP contribution in [-0.2, 0) is 18.6 Å². The highest BCUT2D eigenvalue weighted by molar-refractivity contribution is 7.51. The summed E-state index contributed by atoms with van der Waals surface area (Å²) in [5.74, 6) is 0.194. The lowest BCUT2D eigenvalue weighted by Crippen LogP contribution is -2.48. The molecule has 17 heavy (non-hydrogen) atoms. The minimum Gasteiger partial charge on any atom is -0.382 e. The fourth-order valence-corrected chi connectivity index (χ4v) is 3.97. The van der Waals surface area contributed by atoms with Crippen LogP contribution in [0.15, 0.2) is 0 Å². The molecule has 2 fully saturated rings. The van der Waals surface area contributed by atoms with Crippen LogP contribution in [0.1, 0.15) is 26.2 Å². The second kappa shape index (κ2) is 4.63. The average Bonchev–Trinajstić information content (AvgIpc) is 2.35. The lowest BCUT2D eigenvalue weighted by atomic mass is 9.77. The molecule has 1 saturated carbocycles. The molecule has 2 rings (SSSR count). The first-order valence-corrected chi connectivity index (χ1v) is 8.06. The molecule has 1 aliphatic heterocycles. The van der Waals surface area contributed by atoms with Gasteiger partial charge in [0.05, 0.1) is 12.7 Å². The van der Waals surface area contributed by atoms with Gasteiger partial charge in [0.1, 0.15) is 11.7 Å². The summed E-state index contributed by atoms with van der Waals surface area (Å²) >= 11 is 0. The van der Waals surface area contributed by atoms with Crippen molar-refractivity contribution < 1.29 is 23.5 Å². The third-order valence-electron chi connectivity index (χ3n) is 3.77. The first-order chi connectivity index (χ1) is 7.88. The lowest BCUT2D eigenvalue weighted by Gasteiger charge is -2.38. The molecule has 1 heterocycles. The van der Waals surface area contributed by atoms with Crippen LogP contribution in [0.5, 0.6) is 0 Å². The summed E-state index contributed by atoms with van der Waals surface area (Å²) in [6.07, 6.45) is 2.60. The Labute approximate surface area is 102 Å². The Morgan fingerprint density at radius 1 is 1.59 bits per heavy atom. The van der Waals surface area contributed by atoms with Crippen molar-refractivity contribution in [1.29, 1.82) is 0 Å². The van der Waals surface area contributed by atoms with E-state index in [2.05, 4.69) is 0 Å². The maximum atomic E-state index is 11.5. The van der Waals surface area contributed by atoms with Gasteiger partial charge >= 0.3 is 7.60 Å². The second-order valence-corrected chi connectivity index (χ2v) is 7.02. The van der Waals surface area contributed by atoms with E-state index in [1.54, 1.807) is 7.11 Å². The summed E-state index contributed by atoms with van der Waals surface area (Å²) < 4.78 is 28.1. The zero-order valence-corrected chi connectivity index (χ0v) is 11.5. The molecule has 1 saturated heterocycles. The highest BCUT2D eigenvalue weighted by Crippen LogP contribution is 2.53. The van der Waals surface area contributed by atoms with Crippen LogP contribution < -0.4 is 0 Å². The number of methoxy groups -OCH3 is 1. The van der Waals surface area contributed by atoms with Crippen molar-refractivity contribution in [2.75, 3.05) is 20.4 Å². The van der Waals surface area contributed by atoms with Crippen LogP contribution in [0.25, 0.3) is 0 Å². The number of hydrogen-bond donors (Lipinski definition) is 1. The van der Waals surface area contributed by atoms with Gasteiger partial charge in [0.25, 0.3) is 0 Å². The first kappa shape index (κ1) is 13.5. The minimum atomic E-state index is -3.50. The smallest absolute Gasteiger partial charge is 0.325 e. The zero-order chi connectivity index (χ0) is 12.7. The van der Waals surface area contributed by atoms with E-state index in [0.29, 0.717) is 6.61 Å². The van der Waals surface area contributed by atoms with Crippen LogP contribution in [-0.4, -0.2) is 43.1 Å². The van der Waals surface area contributed by atoms with Crippen LogP contribution in [0, 0.1) is 5.92 Å². The second-order valence-electron chi connectivity index (χ2n) is 5.21. The van der Waals surface area contributed by atoms with Crippen LogP contribution >= 0.6 is 7.60 Å². The molecule has 1 N–H and O–H groups in total. The van der Waals surface area contributed by atoms with Gasteiger partial charge in [-0.1, -0.05) is 0 Å². The predicted octanol–water partition coefficient (Wildman–Crippen LogP) is 1.79. The Kier molecular flexibility index (Phi) is 3.68. The summed E-state index contributed by atoms with van der Waals surface area (Å²) in [4.78, 5) is 9.44. The number of hydrogen-bond acceptors (Lipinski definition) is 4. The highest BCUT2D eigenvalue weighted by Gasteiger charge is 2.57. The molecule has 0 amide bonds. The van der Waals surface area contributed by atoms with E-state index in [1.807, 2.05) is 6.92 Å². The zero-order valence-electron chi connectivity index (χ0n) is 10.6. The van der Waals surface area contributed by atoms with Crippen molar-refractivity contribution >= 4 is 7.60 Å². The fourth-order valence-electron chi connectivity index (χ4n) is 3.20. The van der Waals surface area contributed by atoms with Crippen molar-refractivity contribution in [1.82, 2.24) is 0 Å². The molecule has 2 bridgehead atoms. The third kappa shape index (κ3) is 2.59. The van der Waals surface area contributed by atoms with Crippen LogP contribution in [0.4, 0.5) is 0 Å². The Balaban J connectivity index is 2.24. The van der Waals surface area contributed by atoms with E-state index < -0.39 is 13.2 Å². The van der Waals surface area contributed by atoms with E-state index in [0.717, 1.165) is 19.3 Å².